The number of rotatable bonds is 5. The minimum absolute atomic E-state index is 0.542. The van der Waals surface area contributed by atoms with Gasteiger partial charge in [0.2, 0.25) is 0 Å². The number of thiazole rings is 1. The van der Waals surface area contributed by atoms with Crippen molar-refractivity contribution in [1.29, 1.82) is 0 Å². The molecule has 1 aromatic carbocycles. The maximum atomic E-state index is 5.93. The molecule has 0 aliphatic rings. The normalized spacial score (nSPS) is 10.6. The molecule has 3 nitrogen and oxygen atoms in total. The summed E-state index contributed by atoms with van der Waals surface area (Å²) in [6, 6.07) is 6.22. The van der Waals surface area contributed by atoms with Gasteiger partial charge in [0.05, 0.1) is 0 Å². The fourth-order valence-electron chi connectivity index (χ4n) is 1.85. The van der Waals surface area contributed by atoms with Gasteiger partial charge in [0.1, 0.15) is 17.4 Å². The number of hydrogen-bond acceptors (Lipinski definition) is 4. The number of nitrogens with zero attached hydrogens (tertiary/aromatic N) is 1. The highest BCUT2D eigenvalue weighted by Crippen LogP contribution is 2.24. The van der Waals surface area contributed by atoms with Gasteiger partial charge < -0.3 is 10.1 Å². The minimum Gasteiger partial charge on any atom is -0.486 e. The van der Waals surface area contributed by atoms with Crippen LogP contribution in [0.2, 0.25) is 0 Å². The number of ether oxygens (including phenoxy) is 1. The Bertz CT molecular complexity index is 522. The molecule has 0 radical (unpaired) electrons. The van der Waals surface area contributed by atoms with E-state index in [2.05, 4.69) is 35.4 Å². The maximum Gasteiger partial charge on any atom is 0.140 e. The van der Waals surface area contributed by atoms with Crippen molar-refractivity contribution in [1.82, 2.24) is 10.3 Å². The minimum atomic E-state index is 0.542. The van der Waals surface area contributed by atoms with Gasteiger partial charge >= 0.3 is 0 Å². The second-order valence-corrected chi connectivity index (χ2v) is 5.21. The first kappa shape index (κ1) is 13.1. The summed E-state index contributed by atoms with van der Waals surface area (Å²) in [4.78, 5) is 4.41. The molecule has 0 aliphatic heterocycles. The van der Waals surface area contributed by atoms with Crippen molar-refractivity contribution in [2.45, 2.75) is 27.0 Å². The van der Waals surface area contributed by atoms with Crippen molar-refractivity contribution in [3.63, 3.8) is 0 Å². The molecule has 1 heterocycles. The largest absolute Gasteiger partial charge is 0.486 e. The van der Waals surface area contributed by atoms with Gasteiger partial charge in [-0.1, -0.05) is 18.2 Å². The van der Waals surface area contributed by atoms with Crippen LogP contribution in [0.1, 0.15) is 21.8 Å². The number of benzene rings is 1. The molecule has 0 amide bonds. The number of para-hydroxylation sites is 1. The summed E-state index contributed by atoms with van der Waals surface area (Å²) in [5.74, 6) is 0.972. The van der Waals surface area contributed by atoms with Crippen molar-refractivity contribution in [3.05, 3.63) is 45.4 Å². The zero-order valence-corrected chi connectivity index (χ0v) is 11.8. The summed E-state index contributed by atoms with van der Waals surface area (Å²) in [6.07, 6.45) is 0. The maximum absolute atomic E-state index is 5.93. The second kappa shape index (κ2) is 5.98. The Morgan fingerprint density at radius 1 is 1.33 bits per heavy atom. The van der Waals surface area contributed by atoms with E-state index >= 15 is 0 Å². The molecule has 0 saturated heterocycles. The molecule has 0 bridgehead atoms. The highest BCUT2D eigenvalue weighted by Gasteiger charge is 2.07. The molecule has 18 heavy (non-hydrogen) atoms. The smallest absolute Gasteiger partial charge is 0.140 e. The van der Waals surface area contributed by atoms with Crippen LogP contribution in [0.15, 0.2) is 23.6 Å². The SMILES string of the molecule is CNCc1cccc(C)c1OCc1nc(C)cs1. The molecule has 0 fully saturated rings. The molecule has 0 unspecified atom stereocenters. The molecule has 0 spiro atoms. The average Bonchev–Trinajstić information content (AvgIpc) is 2.75. The van der Waals surface area contributed by atoms with E-state index in [4.69, 9.17) is 4.74 Å². The second-order valence-electron chi connectivity index (χ2n) is 4.26. The zero-order valence-electron chi connectivity index (χ0n) is 11.0. The summed E-state index contributed by atoms with van der Waals surface area (Å²) in [5.41, 5.74) is 3.40. The van der Waals surface area contributed by atoms with Gasteiger partial charge in [-0.25, -0.2) is 4.98 Å². The standard InChI is InChI=1S/C14H18N2OS/c1-10-5-4-6-12(7-15-3)14(10)17-8-13-16-11(2)9-18-13/h4-6,9,15H,7-8H2,1-3H3. The van der Waals surface area contributed by atoms with Crippen LogP contribution in [0.4, 0.5) is 0 Å². The van der Waals surface area contributed by atoms with E-state index in [1.165, 1.54) is 5.56 Å². The quantitative estimate of drug-likeness (QED) is 0.899. The van der Waals surface area contributed by atoms with E-state index in [0.717, 1.165) is 28.6 Å². The van der Waals surface area contributed by atoms with Gasteiger partial charge in [-0.2, -0.15) is 0 Å². The van der Waals surface area contributed by atoms with E-state index < -0.39 is 0 Å². The lowest BCUT2D eigenvalue weighted by Crippen LogP contribution is -2.08. The van der Waals surface area contributed by atoms with Crippen LogP contribution in [0.5, 0.6) is 5.75 Å². The van der Waals surface area contributed by atoms with Gasteiger partial charge in [0.25, 0.3) is 0 Å². The van der Waals surface area contributed by atoms with Crippen molar-refractivity contribution in [2.24, 2.45) is 0 Å². The molecular formula is C14H18N2OS. The molecule has 1 aromatic heterocycles. The lowest BCUT2D eigenvalue weighted by atomic mass is 10.1. The summed E-state index contributed by atoms with van der Waals surface area (Å²) >= 11 is 1.64. The number of nitrogens with one attached hydrogen (secondary N) is 1. The van der Waals surface area contributed by atoms with E-state index in [-0.39, 0.29) is 0 Å². The first-order chi connectivity index (χ1) is 8.70. The van der Waals surface area contributed by atoms with Crippen molar-refractivity contribution in [2.75, 3.05) is 7.05 Å². The van der Waals surface area contributed by atoms with E-state index in [1.54, 1.807) is 11.3 Å². The van der Waals surface area contributed by atoms with Crippen LogP contribution < -0.4 is 10.1 Å². The van der Waals surface area contributed by atoms with Crippen LogP contribution in [0.25, 0.3) is 0 Å². The molecule has 4 heteroatoms. The lowest BCUT2D eigenvalue weighted by Gasteiger charge is -2.13. The molecule has 2 aromatic rings. The van der Waals surface area contributed by atoms with Gasteiger partial charge in [0.15, 0.2) is 0 Å². The van der Waals surface area contributed by atoms with Crippen molar-refractivity contribution in [3.8, 4) is 5.75 Å². The Kier molecular flexibility index (Phi) is 4.33. The van der Waals surface area contributed by atoms with E-state index in [1.807, 2.05) is 19.4 Å². The predicted octanol–water partition coefficient (Wildman–Crippen LogP) is 3.06. The van der Waals surface area contributed by atoms with Gasteiger partial charge in [-0.05, 0) is 26.5 Å². The average molecular weight is 262 g/mol. The molecular weight excluding hydrogens is 244 g/mol. The van der Waals surface area contributed by atoms with Crippen molar-refractivity contribution >= 4 is 11.3 Å². The Hall–Kier alpha value is -1.39. The predicted molar refractivity (Wildman–Crippen MR) is 75.1 cm³/mol. The molecule has 0 aliphatic carbocycles. The first-order valence-electron chi connectivity index (χ1n) is 5.97. The molecule has 96 valence electrons. The fraction of sp³-hybridized carbons (Fsp3) is 0.357. The summed E-state index contributed by atoms with van der Waals surface area (Å²) in [7, 11) is 1.94. The van der Waals surface area contributed by atoms with Gasteiger partial charge in [-0.15, -0.1) is 11.3 Å². The van der Waals surface area contributed by atoms with E-state index in [9.17, 15) is 0 Å². The van der Waals surface area contributed by atoms with Crippen LogP contribution in [-0.2, 0) is 13.2 Å². The van der Waals surface area contributed by atoms with Crippen LogP contribution in [0.3, 0.4) is 0 Å². The number of hydrogen-bond donors (Lipinski definition) is 1. The highest BCUT2D eigenvalue weighted by atomic mass is 32.1. The lowest BCUT2D eigenvalue weighted by molar-refractivity contribution is 0.299. The third-order valence-corrected chi connectivity index (χ3v) is 3.61. The monoisotopic (exact) mass is 262 g/mol. The van der Waals surface area contributed by atoms with E-state index in [0.29, 0.717) is 6.61 Å². The summed E-state index contributed by atoms with van der Waals surface area (Å²) in [6.45, 7) is 5.43. The first-order valence-corrected chi connectivity index (χ1v) is 6.85. The Morgan fingerprint density at radius 3 is 2.83 bits per heavy atom. The van der Waals surface area contributed by atoms with Crippen LogP contribution >= 0.6 is 11.3 Å². The summed E-state index contributed by atoms with van der Waals surface area (Å²) in [5, 5.41) is 6.23. The van der Waals surface area contributed by atoms with Crippen LogP contribution in [0, 0.1) is 13.8 Å². The third-order valence-electron chi connectivity index (χ3n) is 2.67. The topological polar surface area (TPSA) is 34.1 Å². The molecule has 1 N–H and O–H groups in total. The zero-order chi connectivity index (χ0) is 13.0. The molecule has 2 rings (SSSR count). The molecule has 0 saturated carbocycles. The fourth-order valence-corrected chi connectivity index (χ4v) is 2.54. The highest BCUT2D eigenvalue weighted by molar-refractivity contribution is 7.09. The number of aryl methyl sites for hydroxylation is 2. The molecule has 0 atom stereocenters. The Labute approximate surface area is 112 Å². The van der Waals surface area contributed by atoms with Gasteiger partial charge in [-0.3, -0.25) is 0 Å². The summed E-state index contributed by atoms with van der Waals surface area (Å²) < 4.78 is 5.93. The Balaban J connectivity index is 2.12. The third kappa shape index (κ3) is 3.09. The number of aromatic nitrogens is 1. The van der Waals surface area contributed by atoms with Crippen molar-refractivity contribution < 1.29 is 4.74 Å². The van der Waals surface area contributed by atoms with Gasteiger partial charge in [0, 0.05) is 23.2 Å². The Morgan fingerprint density at radius 2 is 2.17 bits per heavy atom. The van der Waals surface area contributed by atoms with Crippen LogP contribution in [-0.4, -0.2) is 12.0 Å².